The van der Waals surface area contributed by atoms with E-state index in [9.17, 15) is 4.79 Å². The number of hydrogen-bond donors (Lipinski definition) is 0. The van der Waals surface area contributed by atoms with Crippen molar-refractivity contribution in [2.75, 3.05) is 6.54 Å². The van der Waals surface area contributed by atoms with Crippen LogP contribution in [-0.2, 0) is 4.79 Å². The molecule has 0 N–H and O–H groups in total. The second-order valence-electron chi connectivity index (χ2n) is 5.37. The topological polar surface area (TPSA) is 32.7 Å². The van der Waals surface area contributed by atoms with E-state index >= 15 is 0 Å². The van der Waals surface area contributed by atoms with Gasteiger partial charge in [0.1, 0.15) is 0 Å². The Morgan fingerprint density at radius 2 is 2.12 bits per heavy atom. The van der Waals surface area contributed by atoms with Gasteiger partial charge in [0, 0.05) is 6.54 Å². The highest BCUT2D eigenvalue weighted by Crippen LogP contribution is 2.37. The third-order valence-electron chi connectivity index (χ3n) is 3.94. The molecule has 3 heteroatoms. The van der Waals surface area contributed by atoms with Crippen molar-refractivity contribution < 1.29 is 4.79 Å². The fourth-order valence-corrected chi connectivity index (χ4v) is 2.23. The molecule has 1 saturated carbocycles. The Bertz CT molecular complexity index is 307. The fraction of sp³-hybridized carbons (Fsp3) is 0.846. The average molecular weight is 222 g/mol. The Hall–Kier alpha value is -0.860. The molecule has 0 aromatic heterocycles. The van der Waals surface area contributed by atoms with Gasteiger partial charge in [-0.25, -0.2) is 5.01 Å². The summed E-state index contributed by atoms with van der Waals surface area (Å²) in [6.45, 7) is 7.36. The van der Waals surface area contributed by atoms with Crippen LogP contribution in [0.3, 0.4) is 0 Å². The van der Waals surface area contributed by atoms with Gasteiger partial charge in [-0.1, -0.05) is 20.8 Å². The zero-order valence-electron chi connectivity index (χ0n) is 10.6. The summed E-state index contributed by atoms with van der Waals surface area (Å²) in [5, 5.41) is 6.20. The zero-order valence-corrected chi connectivity index (χ0v) is 10.6. The lowest BCUT2D eigenvalue weighted by Crippen LogP contribution is -2.26. The van der Waals surface area contributed by atoms with Crippen LogP contribution in [0.25, 0.3) is 0 Å². The molecule has 0 bridgehead atoms. The van der Waals surface area contributed by atoms with E-state index < -0.39 is 0 Å². The lowest BCUT2D eigenvalue weighted by atomic mass is 10.0. The molecule has 0 spiro atoms. The van der Waals surface area contributed by atoms with Gasteiger partial charge < -0.3 is 0 Å². The van der Waals surface area contributed by atoms with Crippen molar-refractivity contribution in [1.82, 2.24) is 5.01 Å². The Balaban J connectivity index is 1.93. The maximum atomic E-state index is 11.8. The van der Waals surface area contributed by atoms with Crippen molar-refractivity contribution in [3.8, 4) is 0 Å². The third kappa shape index (κ3) is 2.45. The number of carbonyl (C=O) groups is 1. The molecule has 16 heavy (non-hydrogen) atoms. The van der Waals surface area contributed by atoms with Gasteiger partial charge >= 0.3 is 0 Å². The van der Waals surface area contributed by atoms with Gasteiger partial charge in [-0.3, -0.25) is 4.79 Å². The van der Waals surface area contributed by atoms with E-state index in [0.29, 0.717) is 18.3 Å². The highest BCUT2D eigenvalue weighted by Gasteiger charge is 2.33. The summed E-state index contributed by atoms with van der Waals surface area (Å²) >= 11 is 0. The normalized spacial score (nSPS) is 24.6. The molecule has 1 aliphatic carbocycles. The molecular weight excluding hydrogens is 200 g/mol. The summed E-state index contributed by atoms with van der Waals surface area (Å²) < 4.78 is 0. The molecule has 1 heterocycles. The highest BCUT2D eigenvalue weighted by molar-refractivity contribution is 6.05. The summed E-state index contributed by atoms with van der Waals surface area (Å²) in [5.41, 5.74) is 1.08. The minimum absolute atomic E-state index is 0.197. The molecule has 2 unspecified atom stereocenters. The second kappa shape index (κ2) is 4.56. The molecule has 0 saturated heterocycles. The number of nitrogens with zero attached hydrogens (tertiary/aromatic N) is 2. The van der Waals surface area contributed by atoms with Crippen molar-refractivity contribution in [3.05, 3.63) is 0 Å². The highest BCUT2D eigenvalue weighted by atomic mass is 16.2. The molecule has 0 radical (unpaired) electrons. The Morgan fingerprint density at radius 1 is 1.44 bits per heavy atom. The van der Waals surface area contributed by atoms with Crippen LogP contribution >= 0.6 is 0 Å². The van der Waals surface area contributed by atoms with Gasteiger partial charge in [0.25, 0.3) is 0 Å². The Kier molecular flexibility index (Phi) is 3.31. The summed E-state index contributed by atoms with van der Waals surface area (Å²) in [5.74, 6) is 2.10. The largest absolute Gasteiger partial charge is 0.273 e. The van der Waals surface area contributed by atoms with E-state index in [1.807, 2.05) is 0 Å². The first kappa shape index (κ1) is 11.6. The van der Waals surface area contributed by atoms with Gasteiger partial charge in [0.05, 0.1) is 12.1 Å². The van der Waals surface area contributed by atoms with Crippen molar-refractivity contribution >= 4 is 11.6 Å². The van der Waals surface area contributed by atoms with Crippen molar-refractivity contribution in [1.29, 1.82) is 0 Å². The van der Waals surface area contributed by atoms with Crippen LogP contribution in [0.4, 0.5) is 0 Å². The molecule has 2 aliphatic rings. The third-order valence-corrected chi connectivity index (χ3v) is 3.94. The van der Waals surface area contributed by atoms with Gasteiger partial charge in [-0.2, -0.15) is 5.10 Å². The number of hydrazone groups is 1. The van der Waals surface area contributed by atoms with E-state index in [4.69, 9.17) is 0 Å². The van der Waals surface area contributed by atoms with Crippen LogP contribution in [0, 0.1) is 17.8 Å². The van der Waals surface area contributed by atoms with Crippen molar-refractivity contribution in [2.24, 2.45) is 22.9 Å². The van der Waals surface area contributed by atoms with Gasteiger partial charge in [-0.15, -0.1) is 0 Å². The molecule has 2 rings (SSSR count). The van der Waals surface area contributed by atoms with E-state index in [0.717, 1.165) is 24.6 Å². The summed E-state index contributed by atoms with van der Waals surface area (Å²) in [6, 6.07) is 0. The fourth-order valence-electron chi connectivity index (χ4n) is 2.23. The smallest absolute Gasteiger partial charge is 0.248 e. The SMILES string of the molecule is CCC(C)C1=NN(CC(C)C2CC2)C(=O)C1. The average Bonchev–Trinajstić information content (AvgIpc) is 3.04. The molecule has 0 aromatic rings. The number of carbonyl (C=O) groups excluding carboxylic acids is 1. The van der Waals surface area contributed by atoms with E-state index in [2.05, 4.69) is 25.9 Å². The van der Waals surface area contributed by atoms with Crippen molar-refractivity contribution in [3.63, 3.8) is 0 Å². The Morgan fingerprint density at radius 3 is 2.69 bits per heavy atom. The molecule has 1 fully saturated rings. The molecule has 0 aromatic carbocycles. The standard InChI is InChI=1S/C13H22N2O/c1-4-9(2)12-7-13(16)15(14-12)8-10(3)11-5-6-11/h9-11H,4-8H2,1-3H3. The van der Waals surface area contributed by atoms with Crippen LogP contribution in [-0.4, -0.2) is 23.2 Å². The first-order valence-corrected chi connectivity index (χ1v) is 6.49. The quantitative estimate of drug-likeness (QED) is 0.704. The second-order valence-corrected chi connectivity index (χ2v) is 5.37. The van der Waals surface area contributed by atoms with E-state index in [-0.39, 0.29) is 5.91 Å². The van der Waals surface area contributed by atoms with Gasteiger partial charge in [0.15, 0.2) is 0 Å². The van der Waals surface area contributed by atoms with Gasteiger partial charge in [0.2, 0.25) is 5.91 Å². The lowest BCUT2D eigenvalue weighted by Gasteiger charge is -2.17. The summed E-state index contributed by atoms with van der Waals surface area (Å²) in [7, 11) is 0. The van der Waals surface area contributed by atoms with Crippen LogP contribution < -0.4 is 0 Å². The van der Waals surface area contributed by atoms with E-state index in [1.54, 1.807) is 5.01 Å². The lowest BCUT2D eigenvalue weighted by molar-refractivity contribution is -0.129. The minimum Gasteiger partial charge on any atom is -0.273 e. The monoisotopic (exact) mass is 222 g/mol. The number of amides is 1. The zero-order chi connectivity index (χ0) is 11.7. The predicted octanol–water partition coefficient (Wildman–Crippen LogP) is 2.67. The minimum atomic E-state index is 0.197. The molecule has 1 aliphatic heterocycles. The van der Waals surface area contributed by atoms with Gasteiger partial charge in [-0.05, 0) is 37.0 Å². The number of hydrogen-bond acceptors (Lipinski definition) is 2. The molecule has 3 nitrogen and oxygen atoms in total. The molecule has 2 atom stereocenters. The first-order valence-electron chi connectivity index (χ1n) is 6.49. The summed E-state index contributed by atoms with van der Waals surface area (Å²) in [4.78, 5) is 11.8. The summed E-state index contributed by atoms with van der Waals surface area (Å²) in [6.07, 6.45) is 4.29. The van der Waals surface area contributed by atoms with Crippen LogP contribution in [0.5, 0.6) is 0 Å². The molecular formula is C13H22N2O. The Labute approximate surface area is 97.9 Å². The van der Waals surface area contributed by atoms with Crippen molar-refractivity contribution in [2.45, 2.75) is 46.5 Å². The molecule has 90 valence electrons. The molecule has 1 amide bonds. The number of rotatable bonds is 5. The predicted molar refractivity (Wildman–Crippen MR) is 65.1 cm³/mol. The van der Waals surface area contributed by atoms with E-state index in [1.165, 1.54) is 12.8 Å². The van der Waals surface area contributed by atoms with Crippen LogP contribution in [0.2, 0.25) is 0 Å². The maximum absolute atomic E-state index is 11.8. The van der Waals surface area contributed by atoms with Crippen LogP contribution in [0.1, 0.15) is 46.5 Å². The maximum Gasteiger partial charge on any atom is 0.248 e. The van der Waals surface area contributed by atoms with Crippen LogP contribution in [0.15, 0.2) is 5.10 Å². The first-order chi connectivity index (χ1) is 7.61.